The van der Waals surface area contributed by atoms with Crippen LogP contribution in [0, 0.1) is 6.92 Å². The summed E-state index contributed by atoms with van der Waals surface area (Å²) in [6, 6.07) is 8.72. The first-order chi connectivity index (χ1) is 15.8. The van der Waals surface area contributed by atoms with Gasteiger partial charge in [-0.1, -0.05) is 6.07 Å². The molecule has 8 nitrogen and oxygen atoms in total. The van der Waals surface area contributed by atoms with Gasteiger partial charge in [0.1, 0.15) is 23.8 Å². The highest BCUT2D eigenvalue weighted by Gasteiger charge is 2.35. The van der Waals surface area contributed by atoms with E-state index < -0.39 is 9.84 Å². The van der Waals surface area contributed by atoms with E-state index in [1.807, 2.05) is 4.90 Å². The first-order valence-electron chi connectivity index (χ1n) is 10.7. The van der Waals surface area contributed by atoms with Gasteiger partial charge in [-0.3, -0.25) is 9.69 Å². The molecule has 0 amide bonds. The molecule has 2 aliphatic rings. The molecule has 1 aromatic heterocycles. The summed E-state index contributed by atoms with van der Waals surface area (Å²) >= 11 is 0. The second kappa shape index (κ2) is 8.07. The Morgan fingerprint density at radius 1 is 1.09 bits per heavy atom. The van der Waals surface area contributed by atoms with Crippen LogP contribution in [0.3, 0.4) is 0 Å². The summed E-state index contributed by atoms with van der Waals surface area (Å²) in [6.07, 6.45) is 0.582. The standard InChI is InChI=1S/C24H25NO7S/c1-14-22(15-4-6-20(29-2)21(10-15)30-3)23(26)17-5-7-19-18(24(17)32-14)11-25(13-31-19)16-8-9-33(27,28)12-16/h4-7,10,16H,8-9,11-13H2,1-3H3/t16-/m1/s1. The van der Waals surface area contributed by atoms with E-state index in [9.17, 15) is 13.2 Å². The molecule has 5 rings (SSSR count). The van der Waals surface area contributed by atoms with E-state index in [0.717, 1.165) is 5.56 Å². The maximum absolute atomic E-state index is 13.5. The van der Waals surface area contributed by atoms with Crippen LogP contribution in [0.5, 0.6) is 17.2 Å². The van der Waals surface area contributed by atoms with Crippen molar-refractivity contribution in [2.75, 3.05) is 32.5 Å². The third-order valence-corrected chi connectivity index (χ3v) is 8.19. The van der Waals surface area contributed by atoms with Gasteiger partial charge < -0.3 is 18.6 Å². The third kappa shape index (κ3) is 3.75. The predicted octanol–water partition coefficient (Wildman–Crippen LogP) is 3.12. The van der Waals surface area contributed by atoms with Crippen LogP contribution < -0.4 is 19.6 Å². The smallest absolute Gasteiger partial charge is 0.200 e. The fraction of sp³-hybridized carbons (Fsp3) is 0.375. The lowest BCUT2D eigenvalue weighted by molar-refractivity contribution is 0.0649. The zero-order chi connectivity index (χ0) is 23.3. The molecular weight excluding hydrogens is 446 g/mol. The highest BCUT2D eigenvalue weighted by molar-refractivity contribution is 7.91. The molecule has 0 bridgehead atoms. The normalized spacial score (nSPS) is 19.8. The van der Waals surface area contributed by atoms with Crippen LogP contribution in [0.25, 0.3) is 22.1 Å². The number of ether oxygens (including phenoxy) is 3. The molecule has 0 unspecified atom stereocenters. The minimum Gasteiger partial charge on any atom is -0.493 e. The number of benzene rings is 2. The van der Waals surface area contributed by atoms with E-state index in [0.29, 0.717) is 64.8 Å². The molecule has 1 atom stereocenters. The van der Waals surface area contributed by atoms with Crippen molar-refractivity contribution in [2.45, 2.75) is 25.9 Å². The largest absolute Gasteiger partial charge is 0.493 e. The molecule has 1 saturated heterocycles. The van der Waals surface area contributed by atoms with E-state index in [2.05, 4.69) is 0 Å². The topological polar surface area (TPSA) is 95.3 Å². The summed E-state index contributed by atoms with van der Waals surface area (Å²) in [5, 5.41) is 0.452. The Balaban J connectivity index is 1.59. The molecule has 3 heterocycles. The summed E-state index contributed by atoms with van der Waals surface area (Å²) in [4.78, 5) is 15.6. The van der Waals surface area contributed by atoms with Crippen molar-refractivity contribution in [3.8, 4) is 28.4 Å². The Morgan fingerprint density at radius 2 is 1.88 bits per heavy atom. The Morgan fingerprint density at radius 3 is 2.58 bits per heavy atom. The van der Waals surface area contributed by atoms with Gasteiger partial charge in [-0.25, -0.2) is 8.42 Å². The number of hydrogen-bond acceptors (Lipinski definition) is 8. The summed E-state index contributed by atoms with van der Waals surface area (Å²) < 4.78 is 46.7. The Hall–Kier alpha value is -3.04. The zero-order valence-corrected chi connectivity index (χ0v) is 19.5. The molecule has 9 heteroatoms. The molecule has 174 valence electrons. The Bertz CT molecular complexity index is 1410. The Labute approximate surface area is 191 Å². The van der Waals surface area contributed by atoms with Gasteiger partial charge in [-0.05, 0) is 43.2 Å². The van der Waals surface area contributed by atoms with Crippen LogP contribution in [0.2, 0.25) is 0 Å². The summed E-state index contributed by atoms with van der Waals surface area (Å²) in [7, 11) is 0.0898. The number of nitrogens with zero attached hydrogens (tertiary/aromatic N) is 1. The number of fused-ring (bicyclic) bond motifs is 3. The van der Waals surface area contributed by atoms with Gasteiger partial charge in [0.15, 0.2) is 21.3 Å². The van der Waals surface area contributed by atoms with Crippen molar-refractivity contribution in [3.63, 3.8) is 0 Å². The van der Waals surface area contributed by atoms with Gasteiger partial charge in [0.2, 0.25) is 5.43 Å². The van der Waals surface area contributed by atoms with Crippen LogP contribution in [0.1, 0.15) is 17.7 Å². The average molecular weight is 472 g/mol. The van der Waals surface area contributed by atoms with Gasteiger partial charge in [-0.15, -0.1) is 0 Å². The van der Waals surface area contributed by atoms with E-state index in [1.54, 1.807) is 51.5 Å². The van der Waals surface area contributed by atoms with Gasteiger partial charge >= 0.3 is 0 Å². The predicted molar refractivity (Wildman–Crippen MR) is 124 cm³/mol. The van der Waals surface area contributed by atoms with Gasteiger partial charge in [-0.2, -0.15) is 0 Å². The molecule has 3 aromatic rings. The number of aryl methyl sites for hydroxylation is 1. The highest BCUT2D eigenvalue weighted by Crippen LogP contribution is 2.37. The molecular formula is C24H25NO7S. The quantitative estimate of drug-likeness (QED) is 0.573. The number of hydrogen-bond donors (Lipinski definition) is 0. The number of methoxy groups -OCH3 is 2. The van der Waals surface area contributed by atoms with Crippen molar-refractivity contribution in [1.29, 1.82) is 0 Å². The molecule has 0 spiro atoms. The second-order valence-corrected chi connectivity index (χ2v) is 10.7. The van der Waals surface area contributed by atoms with E-state index in [-0.39, 0.29) is 23.0 Å². The van der Waals surface area contributed by atoms with Gasteiger partial charge in [0, 0.05) is 12.6 Å². The van der Waals surface area contributed by atoms with Crippen molar-refractivity contribution in [1.82, 2.24) is 4.90 Å². The lowest BCUT2D eigenvalue weighted by atomic mass is 10.00. The van der Waals surface area contributed by atoms with Crippen molar-refractivity contribution < 1.29 is 27.0 Å². The zero-order valence-electron chi connectivity index (χ0n) is 18.7. The molecule has 33 heavy (non-hydrogen) atoms. The second-order valence-electron chi connectivity index (χ2n) is 8.43. The van der Waals surface area contributed by atoms with Crippen LogP contribution >= 0.6 is 0 Å². The van der Waals surface area contributed by atoms with Crippen LogP contribution in [0.4, 0.5) is 0 Å². The van der Waals surface area contributed by atoms with Crippen LogP contribution in [0.15, 0.2) is 39.5 Å². The highest BCUT2D eigenvalue weighted by atomic mass is 32.2. The summed E-state index contributed by atoms with van der Waals surface area (Å²) in [5.74, 6) is 2.55. The number of rotatable bonds is 4. The fourth-order valence-electron chi connectivity index (χ4n) is 4.71. The van der Waals surface area contributed by atoms with Crippen molar-refractivity contribution in [3.05, 3.63) is 51.9 Å². The van der Waals surface area contributed by atoms with Gasteiger partial charge in [0.25, 0.3) is 0 Å². The van der Waals surface area contributed by atoms with E-state index in [1.165, 1.54) is 0 Å². The molecule has 0 N–H and O–H groups in total. The number of sulfone groups is 1. The molecule has 0 saturated carbocycles. The Kier molecular flexibility index (Phi) is 5.33. The van der Waals surface area contributed by atoms with E-state index in [4.69, 9.17) is 18.6 Å². The lowest BCUT2D eigenvalue weighted by Gasteiger charge is -2.33. The van der Waals surface area contributed by atoms with Crippen molar-refractivity contribution in [2.24, 2.45) is 0 Å². The third-order valence-electron chi connectivity index (χ3n) is 6.44. The van der Waals surface area contributed by atoms with Gasteiger partial charge in [0.05, 0.1) is 42.2 Å². The first-order valence-corrected chi connectivity index (χ1v) is 12.5. The maximum Gasteiger partial charge on any atom is 0.200 e. The minimum atomic E-state index is -3.02. The summed E-state index contributed by atoms with van der Waals surface area (Å²) in [6.45, 7) is 2.54. The summed E-state index contributed by atoms with van der Waals surface area (Å²) in [5.41, 5.74) is 2.22. The van der Waals surface area contributed by atoms with Crippen molar-refractivity contribution >= 4 is 20.8 Å². The maximum atomic E-state index is 13.5. The molecule has 2 aromatic carbocycles. The monoisotopic (exact) mass is 471 g/mol. The lowest BCUT2D eigenvalue weighted by Crippen LogP contribution is -2.41. The SMILES string of the molecule is COc1ccc(-c2c(C)oc3c4c(ccc3c2=O)OCN([C@@H]2CCS(=O)(=O)C2)C4)cc1OC. The fourth-order valence-corrected chi connectivity index (χ4v) is 6.48. The average Bonchev–Trinajstić information content (AvgIpc) is 3.18. The van der Waals surface area contributed by atoms with E-state index >= 15 is 0 Å². The first kappa shape index (κ1) is 21.8. The van der Waals surface area contributed by atoms with Crippen LogP contribution in [-0.2, 0) is 16.4 Å². The molecule has 0 aliphatic carbocycles. The molecule has 2 aliphatic heterocycles. The van der Waals surface area contributed by atoms with Crippen LogP contribution in [-0.4, -0.2) is 51.8 Å². The molecule has 1 fully saturated rings. The minimum absolute atomic E-state index is 0.0998. The molecule has 0 radical (unpaired) electrons.